The molecule has 154 valence electrons. The van der Waals surface area contributed by atoms with Crippen molar-refractivity contribution in [3.05, 3.63) is 35.9 Å². The van der Waals surface area contributed by atoms with E-state index < -0.39 is 12.3 Å². The van der Waals surface area contributed by atoms with E-state index in [9.17, 15) is 14.0 Å². The predicted octanol–water partition coefficient (Wildman–Crippen LogP) is 3.48. The first-order valence-corrected chi connectivity index (χ1v) is 9.87. The zero-order valence-electron chi connectivity index (χ0n) is 16.2. The molecule has 1 aromatic rings. The zero-order chi connectivity index (χ0) is 19.9. The van der Waals surface area contributed by atoms with Crippen LogP contribution in [0.5, 0.6) is 0 Å². The average molecular weight is 393 g/mol. The Balaban J connectivity index is 1.45. The molecule has 1 aliphatic carbocycles. The van der Waals surface area contributed by atoms with Gasteiger partial charge in [0, 0.05) is 6.42 Å². The van der Waals surface area contributed by atoms with E-state index in [2.05, 4.69) is 0 Å². The van der Waals surface area contributed by atoms with Crippen molar-refractivity contribution in [3.63, 3.8) is 0 Å². The summed E-state index contributed by atoms with van der Waals surface area (Å²) in [6.45, 7) is 0.489. The van der Waals surface area contributed by atoms with Gasteiger partial charge in [0.2, 0.25) is 0 Å². The Kier molecular flexibility index (Phi) is 7.25. The second-order valence-corrected chi connectivity index (χ2v) is 7.51. The van der Waals surface area contributed by atoms with Crippen LogP contribution < -0.4 is 0 Å². The Morgan fingerprint density at radius 1 is 1.14 bits per heavy atom. The summed E-state index contributed by atoms with van der Waals surface area (Å²) >= 11 is 0. The molecular weight excluding hydrogens is 365 g/mol. The van der Waals surface area contributed by atoms with E-state index in [-0.39, 0.29) is 50.2 Å². The fraction of sp³-hybridized carbons (Fsp3) is 0.619. The number of ether oxygens (including phenoxy) is 3. The third kappa shape index (κ3) is 5.44. The van der Waals surface area contributed by atoms with E-state index >= 15 is 0 Å². The molecule has 2 fully saturated rings. The normalized spacial score (nSPS) is 27.4. The molecule has 1 saturated carbocycles. The quantitative estimate of drug-likeness (QED) is 0.693. The number of amides is 1. The lowest BCUT2D eigenvalue weighted by atomic mass is 9.87. The first-order chi connectivity index (χ1) is 13.6. The van der Waals surface area contributed by atoms with E-state index in [0.29, 0.717) is 0 Å². The molecule has 3 rings (SSSR count). The van der Waals surface area contributed by atoms with Gasteiger partial charge in [-0.1, -0.05) is 30.3 Å². The highest BCUT2D eigenvalue weighted by Gasteiger charge is 2.37. The summed E-state index contributed by atoms with van der Waals surface area (Å²) in [6, 6.07) is 9.08. The molecule has 0 spiro atoms. The smallest absolute Gasteiger partial charge is 0.410 e. The van der Waals surface area contributed by atoms with E-state index in [1.54, 1.807) is 0 Å². The Hall–Kier alpha value is -2.15. The van der Waals surface area contributed by atoms with Gasteiger partial charge in [-0.2, -0.15) is 0 Å². The summed E-state index contributed by atoms with van der Waals surface area (Å²) in [5, 5.41) is 0. The molecule has 1 aromatic carbocycles. The maximum Gasteiger partial charge on any atom is 0.410 e. The van der Waals surface area contributed by atoms with E-state index in [4.69, 9.17) is 14.2 Å². The van der Waals surface area contributed by atoms with Crippen LogP contribution in [0.3, 0.4) is 0 Å². The number of esters is 1. The molecule has 2 atom stereocenters. The van der Waals surface area contributed by atoms with Crippen molar-refractivity contribution in [2.24, 2.45) is 5.92 Å². The molecule has 7 heteroatoms. The molecule has 0 radical (unpaired) electrons. The lowest BCUT2D eigenvalue weighted by Crippen LogP contribution is -2.40. The van der Waals surface area contributed by atoms with Gasteiger partial charge in [-0.05, 0) is 31.2 Å². The van der Waals surface area contributed by atoms with Crippen LogP contribution >= 0.6 is 0 Å². The van der Waals surface area contributed by atoms with Crippen molar-refractivity contribution in [2.75, 3.05) is 20.3 Å². The molecule has 2 aliphatic rings. The first kappa shape index (κ1) is 20.6. The predicted molar refractivity (Wildman–Crippen MR) is 100 cm³/mol. The number of methoxy groups -OCH3 is 1. The van der Waals surface area contributed by atoms with Gasteiger partial charge in [0.05, 0.1) is 38.3 Å². The highest BCUT2D eigenvalue weighted by molar-refractivity contribution is 5.72. The minimum atomic E-state index is -1.06. The number of hydrogen-bond donors (Lipinski definition) is 0. The van der Waals surface area contributed by atoms with Gasteiger partial charge in [-0.15, -0.1) is 0 Å². The largest absolute Gasteiger partial charge is 0.469 e. The highest BCUT2D eigenvalue weighted by atomic mass is 19.1. The minimum Gasteiger partial charge on any atom is -0.469 e. The SMILES string of the molecule is COC(=O)C1CCC(OC[C@@H]2C[C@H](F)CN2C(=O)OCc2ccccc2)CC1. The number of benzene rings is 1. The van der Waals surface area contributed by atoms with Crippen molar-refractivity contribution in [3.8, 4) is 0 Å². The molecule has 6 nitrogen and oxygen atoms in total. The topological polar surface area (TPSA) is 65.1 Å². The second-order valence-electron chi connectivity index (χ2n) is 7.51. The standard InChI is InChI=1S/C21H28FNO5/c1-26-20(24)16-7-9-19(10-8-16)27-14-18-11-17(22)12-23(18)21(25)28-13-15-5-3-2-4-6-15/h2-6,16-19H,7-14H2,1H3/t16?,17-,18-,19?/m0/s1. The van der Waals surface area contributed by atoms with Gasteiger partial charge < -0.3 is 14.2 Å². The fourth-order valence-corrected chi connectivity index (χ4v) is 3.92. The fourth-order valence-electron chi connectivity index (χ4n) is 3.92. The first-order valence-electron chi connectivity index (χ1n) is 9.87. The second kappa shape index (κ2) is 9.87. The highest BCUT2D eigenvalue weighted by Crippen LogP contribution is 2.29. The average Bonchev–Trinajstić information content (AvgIpc) is 3.11. The van der Waals surface area contributed by atoms with Crippen LogP contribution in [0, 0.1) is 5.92 Å². The van der Waals surface area contributed by atoms with Crippen LogP contribution in [0.4, 0.5) is 9.18 Å². The number of alkyl halides is 1. The Bertz CT molecular complexity index is 647. The van der Waals surface area contributed by atoms with Crippen molar-refractivity contribution in [1.29, 1.82) is 0 Å². The number of carbonyl (C=O) groups excluding carboxylic acids is 2. The van der Waals surface area contributed by atoms with Gasteiger partial charge in [-0.3, -0.25) is 9.69 Å². The number of halogens is 1. The molecule has 28 heavy (non-hydrogen) atoms. The van der Waals surface area contributed by atoms with Crippen LogP contribution in [0.1, 0.15) is 37.7 Å². The summed E-state index contributed by atoms with van der Waals surface area (Å²) in [5.41, 5.74) is 0.891. The van der Waals surface area contributed by atoms with Crippen molar-refractivity contribution in [1.82, 2.24) is 4.90 Å². The minimum absolute atomic E-state index is 0.0294. The number of nitrogens with zero attached hydrogens (tertiary/aromatic N) is 1. The monoisotopic (exact) mass is 393 g/mol. The van der Waals surface area contributed by atoms with Crippen LogP contribution in [-0.2, 0) is 25.6 Å². The third-order valence-corrected chi connectivity index (χ3v) is 5.54. The molecule has 1 amide bonds. The summed E-state index contributed by atoms with van der Waals surface area (Å²) in [5.74, 6) is -0.224. The van der Waals surface area contributed by atoms with Crippen molar-refractivity contribution in [2.45, 2.75) is 57.0 Å². The molecular formula is C21H28FNO5. The Morgan fingerprint density at radius 2 is 1.86 bits per heavy atom. The summed E-state index contributed by atoms with van der Waals surface area (Å²) < 4.78 is 30.0. The molecule has 1 saturated heterocycles. The van der Waals surface area contributed by atoms with Crippen LogP contribution in [0.25, 0.3) is 0 Å². The van der Waals surface area contributed by atoms with Crippen LogP contribution in [0.2, 0.25) is 0 Å². The van der Waals surface area contributed by atoms with Gasteiger partial charge in [0.1, 0.15) is 12.8 Å². The number of carbonyl (C=O) groups is 2. The molecule has 0 bridgehead atoms. The number of hydrogen-bond acceptors (Lipinski definition) is 5. The summed E-state index contributed by atoms with van der Waals surface area (Å²) in [6.07, 6.45) is 1.72. The molecule has 0 unspecified atom stereocenters. The maximum absolute atomic E-state index is 13.9. The number of rotatable bonds is 6. The van der Waals surface area contributed by atoms with Gasteiger partial charge in [-0.25, -0.2) is 9.18 Å². The Morgan fingerprint density at radius 3 is 2.54 bits per heavy atom. The van der Waals surface area contributed by atoms with E-state index in [1.807, 2.05) is 30.3 Å². The molecule has 1 aliphatic heterocycles. The lowest BCUT2D eigenvalue weighted by Gasteiger charge is -2.29. The Labute approximate surface area is 164 Å². The third-order valence-electron chi connectivity index (χ3n) is 5.54. The van der Waals surface area contributed by atoms with Crippen molar-refractivity contribution < 1.29 is 28.2 Å². The van der Waals surface area contributed by atoms with E-state index in [1.165, 1.54) is 12.0 Å². The number of likely N-dealkylation sites (tertiary alicyclic amines) is 1. The molecule has 0 N–H and O–H groups in total. The summed E-state index contributed by atoms with van der Waals surface area (Å²) in [7, 11) is 1.41. The molecule has 0 aromatic heterocycles. The summed E-state index contributed by atoms with van der Waals surface area (Å²) in [4.78, 5) is 25.4. The maximum atomic E-state index is 13.9. The van der Waals surface area contributed by atoms with Crippen LogP contribution in [-0.4, -0.2) is 55.5 Å². The van der Waals surface area contributed by atoms with E-state index in [0.717, 1.165) is 31.2 Å². The lowest BCUT2D eigenvalue weighted by molar-refractivity contribution is -0.147. The van der Waals surface area contributed by atoms with Gasteiger partial charge in [0.15, 0.2) is 0 Å². The molecule has 1 heterocycles. The van der Waals surface area contributed by atoms with Crippen molar-refractivity contribution >= 4 is 12.1 Å². The zero-order valence-corrected chi connectivity index (χ0v) is 16.2. The van der Waals surface area contributed by atoms with Gasteiger partial charge in [0.25, 0.3) is 0 Å². The van der Waals surface area contributed by atoms with Gasteiger partial charge >= 0.3 is 12.1 Å². The van der Waals surface area contributed by atoms with Crippen LogP contribution in [0.15, 0.2) is 30.3 Å².